The molecule has 28 heavy (non-hydrogen) atoms. The van der Waals surface area contributed by atoms with Gasteiger partial charge in [-0.1, -0.05) is 5.16 Å². The molecule has 1 amide bonds. The first-order valence-electron chi connectivity index (χ1n) is 8.57. The first kappa shape index (κ1) is 21.2. The third-order valence-electron chi connectivity index (χ3n) is 3.76. The molecule has 10 nitrogen and oxygen atoms in total. The lowest BCUT2D eigenvalue weighted by molar-refractivity contribution is -0.139. The molecule has 0 radical (unpaired) electrons. The number of carboxylic acid groups (broad SMARTS) is 1. The van der Waals surface area contributed by atoms with Crippen molar-refractivity contribution in [1.82, 2.24) is 15.0 Å². The normalized spacial score (nSPS) is 11.7. The van der Waals surface area contributed by atoms with Gasteiger partial charge in [-0.3, -0.25) is 4.79 Å². The number of nitrogens with zero attached hydrogens (tertiary/aromatic N) is 3. The quantitative estimate of drug-likeness (QED) is 0.644. The summed E-state index contributed by atoms with van der Waals surface area (Å²) in [5, 5.41) is 12.6. The summed E-state index contributed by atoms with van der Waals surface area (Å²) in [6, 6.07) is 4.54. The molecule has 0 bridgehead atoms. The predicted octanol–water partition coefficient (Wildman–Crippen LogP) is 1.91. The maximum absolute atomic E-state index is 12.7. The summed E-state index contributed by atoms with van der Waals surface area (Å²) in [6.45, 7) is 3.50. The summed E-state index contributed by atoms with van der Waals surface area (Å²) in [4.78, 5) is 29.0. The highest BCUT2D eigenvalue weighted by atomic mass is 16.5. The highest BCUT2D eigenvalue weighted by Gasteiger charge is 2.19. The number of methoxy groups -OCH3 is 1. The van der Waals surface area contributed by atoms with Crippen LogP contribution in [0.2, 0.25) is 0 Å². The lowest BCUT2D eigenvalue weighted by atomic mass is 10.1. The van der Waals surface area contributed by atoms with E-state index in [9.17, 15) is 9.59 Å². The predicted molar refractivity (Wildman–Crippen MR) is 96.3 cm³/mol. The zero-order chi connectivity index (χ0) is 20.7. The van der Waals surface area contributed by atoms with Gasteiger partial charge in [0.05, 0.1) is 13.2 Å². The van der Waals surface area contributed by atoms with Crippen LogP contribution in [0.3, 0.4) is 0 Å². The van der Waals surface area contributed by atoms with Crippen molar-refractivity contribution in [2.75, 3.05) is 27.4 Å². The molecule has 152 valence electrons. The third kappa shape index (κ3) is 5.43. The van der Waals surface area contributed by atoms with Gasteiger partial charge in [-0.2, -0.15) is 4.98 Å². The van der Waals surface area contributed by atoms with Crippen molar-refractivity contribution in [3.05, 3.63) is 35.5 Å². The Bertz CT molecular complexity index is 821. The van der Waals surface area contributed by atoms with Crippen LogP contribution in [0.25, 0.3) is 0 Å². The molecule has 0 saturated carbocycles. The van der Waals surface area contributed by atoms with Crippen molar-refractivity contribution in [1.29, 1.82) is 0 Å². The molecule has 0 aliphatic carbocycles. The van der Waals surface area contributed by atoms with E-state index < -0.39 is 12.6 Å². The van der Waals surface area contributed by atoms with E-state index in [4.69, 9.17) is 23.8 Å². The van der Waals surface area contributed by atoms with Gasteiger partial charge in [0, 0.05) is 19.7 Å². The van der Waals surface area contributed by atoms with Crippen LogP contribution >= 0.6 is 0 Å². The topological polar surface area (TPSA) is 124 Å². The number of carbonyl (C=O) groups excluding carboxylic acids is 1. The molecule has 1 aromatic heterocycles. The minimum atomic E-state index is -1.11. The van der Waals surface area contributed by atoms with Gasteiger partial charge in [0.2, 0.25) is 5.89 Å². The van der Waals surface area contributed by atoms with Gasteiger partial charge >= 0.3 is 5.97 Å². The van der Waals surface area contributed by atoms with Gasteiger partial charge in [0.25, 0.3) is 5.91 Å². The monoisotopic (exact) mass is 393 g/mol. The summed E-state index contributed by atoms with van der Waals surface area (Å²) < 4.78 is 20.9. The summed E-state index contributed by atoms with van der Waals surface area (Å²) in [5.41, 5.74) is 0.346. The highest BCUT2D eigenvalue weighted by Crippen LogP contribution is 2.29. The Morgan fingerprint density at radius 1 is 1.29 bits per heavy atom. The van der Waals surface area contributed by atoms with Crippen molar-refractivity contribution >= 4 is 11.9 Å². The number of amides is 1. The molecule has 0 aliphatic rings. The molecule has 2 rings (SSSR count). The molecule has 1 heterocycles. The van der Waals surface area contributed by atoms with Crippen LogP contribution < -0.4 is 9.47 Å². The lowest BCUT2D eigenvalue weighted by Gasteiger charge is -2.17. The van der Waals surface area contributed by atoms with E-state index in [1.807, 2.05) is 0 Å². The van der Waals surface area contributed by atoms with Crippen molar-refractivity contribution in [2.45, 2.75) is 26.5 Å². The summed E-state index contributed by atoms with van der Waals surface area (Å²) in [7, 11) is 3.14. The van der Waals surface area contributed by atoms with Crippen molar-refractivity contribution in [3.63, 3.8) is 0 Å². The molecule has 0 saturated heterocycles. The number of benzene rings is 1. The van der Waals surface area contributed by atoms with E-state index >= 15 is 0 Å². The van der Waals surface area contributed by atoms with Crippen LogP contribution in [-0.4, -0.2) is 59.4 Å². The standard InChI is InChI=1S/C18H23N3O7/c1-5-26-14-8-12(6-7-13(14)27-10-16(22)23)18(24)21(3)9-15-19-17(20-28-15)11(2)25-4/h6-8,11H,5,9-10H2,1-4H3,(H,22,23). The Kier molecular flexibility index (Phi) is 7.33. The van der Waals surface area contributed by atoms with Crippen LogP contribution in [0.4, 0.5) is 0 Å². The molecule has 1 unspecified atom stereocenters. The molecular weight excluding hydrogens is 370 g/mol. The Morgan fingerprint density at radius 3 is 2.68 bits per heavy atom. The molecular formula is C18H23N3O7. The fraction of sp³-hybridized carbons (Fsp3) is 0.444. The summed E-state index contributed by atoms with van der Waals surface area (Å²) >= 11 is 0. The number of hydrogen-bond acceptors (Lipinski definition) is 8. The van der Waals surface area contributed by atoms with Crippen molar-refractivity contribution in [2.24, 2.45) is 0 Å². The van der Waals surface area contributed by atoms with Gasteiger partial charge < -0.3 is 28.7 Å². The fourth-order valence-corrected chi connectivity index (χ4v) is 2.27. The molecule has 1 aromatic carbocycles. The number of hydrogen-bond donors (Lipinski definition) is 1. The summed E-state index contributed by atoms with van der Waals surface area (Å²) in [5.74, 6) is -0.192. The average molecular weight is 393 g/mol. The van der Waals surface area contributed by atoms with E-state index in [-0.39, 0.29) is 35.9 Å². The van der Waals surface area contributed by atoms with Gasteiger partial charge in [0.15, 0.2) is 23.9 Å². The van der Waals surface area contributed by atoms with Crippen LogP contribution in [0, 0.1) is 0 Å². The Hall–Kier alpha value is -3.14. The maximum atomic E-state index is 12.7. The average Bonchev–Trinajstić information content (AvgIpc) is 3.14. The summed E-state index contributed by atoms with van der Waals surface area (Å²) in [6.07, 6.45) is -0.314. The second kappa shape index (κ2) is 9.70. The zero-order valence-corrected chi connectivity index (χ0v) is 16.2. The number of aromatic nitrogens is 2. The molecule has 1 atom stereocenters. The van der Waals surface area contributed by atoms with E-state index in [2.05, 4.69) is 10.1 Å². The van der Waals surface area contributed by atoms with E-state index in [1.165, 1.54) is 30.2 Å². The largest absolute Gasteiger partial charge is 0.490 e. The van der Waals surface area contributed by atoms with Gasteiger partial charge in [0.1, 0.15) is 6.10 Å². The highest BCUT2D eigenvalue weighted by molar-refractivity contribution is 5.94. The third-order valence-corrected chi connectivity index (χ3v) is 3.76. The van der Waals surface area contributed by atoms with Crippen LogP contribution in [0.1, 0.15) is 42.0 Å². The molecule has 2 aromatic rings. The van der Waals surface area contributed by atoms with Gasteiger partial charge in [-0.05, 0) is 32.0 Å². The minimum Gasteiger partial charge on any atom is -0.490 e. The number of carbonyl (C=O) groups is 2. The van der Waals surface area contributed by atoms with Crippen LogP contribution in [0.15, 0.2) is 22.7 Å². The van der Waals surface area contributed by atoms with Gasteiger partial charge in [-0.15, -0.1) is 0 Å². The van der Waals surface area contributed by atoms with Crippen molar-refractivity contribution < 1.29 is 33.4 Å². The smallest absolute Gasteiger partial charge is 0.341 e. The Morgan fingerprint density at radius 2 is 2.04 bits per heavy atom. The number of carboxylic acids is 1. The fourth-order valence-electron chi connectivity index (χ4n) is 2.27. The molecule has 10 heteroatoms. The lowest BCUT2D eigenvalue weighted by Crippen LogP contribution is -2.26. The first-order chi connectivity index (χ1) is 13.3. The molecule has 0 aliphatic heterocycles. The molecule has 0 spiro atoms. The Balaban J connectivity index is 2.12. The van der Waals surface area contributed by atoms with Gasteiger partial charge in [-0.25, -0.2) is 4.79 Å². The molecule has 1 N–H and O–H groups in total. The molecule has 0 fully saturated rings. The SMILES string of the molecule is CCOc1cc(C(=O)N(C)Cc2nc(C(C)OC)no2)ccc1OCC(=O)O. The van der Waals surface area contributed by atoms with Crippen molar-refractivity contribution in [3.8, 4) is 11.5 Å². The van der Waals surface area contributed by atoms with Crippen LogP contribution in [-0.2, 0) is 16.1 Å². The van der Waals surface area contributed by atoms with E-state index in [0.717, 1.165) is 0 Å². The number of rotatable bonds is 10. The second-order valence-corrected chi connectivity index (χ2v) is 5.86. The minimum absolute atomic E-state index is 0.115. The van der Waals surface area contributed by atoms with Crippen LogP contribution in [0.5, 0.6) is 11.5 Å². The number of aliphatic carboxylic acids is 1. The number of ether oxygens (including phenoxy) is 3. The Labute approximate surface area is 162 Å². The zero-order valence-electron chi connectivity index (χ0n) is 16.2. The first-order valence-corrected chi connectivity index (χ1v) is 8.57. The second-order valence-electron chi connectivity index (χ2n) is 5.86. The maximum Gasteiger partial charge on any atom is 0.341 e. The van der Waals surface area contributed by atoms with E-state index in [1.54, 1.807) is 20.9 Å². The van der Waals surface area contributed by atoms with E-state index in [0.29, 0.717) is 18.0 Å².